The predicted octanol–water partition coefficient (Wildman–Crippen LogP) is 2.35. The third-order valence-corrected chi connectivity index (χ3v) is 2.71. The SMILES string of the molecule is O=C(O)c1ccc(CNCc2ccc(F)cc2F)nc1. The average Bonchev–Trinajstić information content (AvgIpc) is 2.42. The third-order valence-electron chi connectivity index (χ3n) is 2.71. The smallest absolute Gasteiger partial charge is 0.337 e. The fourth-order valence-electron chi connectivity index (χ4n) is 1.65. The number of aromatic carboxylic acids is 1. The summed E-state index contributed by atoms with van der Waals surface area (Å²) in [7, 11) is 0. The number of nitrogens with one attached hydrogen (secondary N) is 1. The number of hydrogen-bond donors (Lipinski definition) is 2. The van der Waals surface area contributed by atoms with Crippen LogP contribution in [-0.2, 0) is 13.1 Å². The Kier molecular flexibility index (Phi) is 4.37. The van der Waals surface area contributed by atoms with Gasteiger partial charge in [0.1, 0.15) is 11.6 Å². The van der Waals surface area contributed by atoms with Gasteiger partial charge in [-0.25, -0.2) is 13.6 Å². The van der Waals surface area contributed by atoms with Crippen LogP contribution in [0.15, 0.2) is 36.5 Å². The highest BCUT2D eigenvalue weighted by atomic mass is 19.1. The normalized spacial score (nSPS) is 10.5. The molecule has 1 heterocycles. The number of nitrogens with zero attached hydrogens (tertiary/aromatic N) is 1. The highest BCUT2D eigenvalue weighted by Gasteiger charge is 2.05. The van der Waals surface area contributed by atoms with Gasteiger partial charge in [-0.2, -0.15) is 0 Å². The molecular formula is C14H12F2N2O2. The lowest BCUT2D eigenvalue weighted by Gasteiger charge is -2.06. The fourth-order valence-corrected chi connectivity index (χ4v) is 1.65. The molecule has 104 valence electrons. The van der Waals surface area contributed by atoms with Crippen molar-refractivity contribution >= 4 is 5.97 Å². The van der Waals surface area contributed by atoms with Crippen molar-refractivity contribution in [3.8, 4) is 0 Å². The minimum Gasteiger partial charge on any atom is -0.478 e. The summed E-state index contributed by atoms with van der Waals surface area (Å²) in [6.45, 7) is 0.588. The number of carboxylic acids is 1. The largest absolute Gasteiger partial charge is 0.478 e. The number of benzene rings is 1. The van der Waals surface area contributed by atoms with E-state index < -0.39 is 17.6 Å². The van der Waals surface area contributed by atoms with Crippen LogP contribution < -0.4 is 5.32 Å². The van der Waals surface area contributed by atoms with Crippen LogP contribution >= 0.6 is 0 Å². The Hall–Kier alpha value is -2.34. The van der Waals surface area contributed by atoms with Gasteiger partial charge in [0.25, 0.3) is 0 Å². The standard InChI is InChI=1S/C14H12F2N2O2/c15-11-3-1-9(13(16)5-11)6-17-8-12-4-2-10(7-18-12)14(19)20/h1-5,7,17H,6,8H2,(H,19,20). The molecule has 0 atom stereocenters. The van der Waals surface area contributed by atoms with Crippen molar-refractivity contribution in [1.29, 1.82) is 0 Å². The molecule has 0 saturated heterocycles. The van der Waals surface area contributed by atoms with Crippen LogP contribution in [0.2, 0.25) is 0 Å². The second-order valence-electron chi connectivity index (χ2n) is 4.18. The van der Waals surface area contributed by atoms with Crippen molar-refractivity contribution in [3.63, 3.8) is 0 Å². The van der Waals surface area contributed by atoms with Gasteiger partial charge >= 0.3 is 5.97 Å². The van der Waals surface area contributed by atoms with Crippen molar-refractivity contribution in [2.75, 3.05) is 0 Å². The second kappa shape index (κ2) is 6.21. The molecule has 2 N–H and O–H groups in total. The molecule has 0 radical (unpaired) electrons. The number of halogens is 2. The van der Waals surface area contributed by atoms with E-state index in [1.54, 1.807) is 6.07 Å². The van der Waals surface area contributed by atoms with E-state index in [2.05, 4.69) is 10.3 Å². The fraction of sp³-hybridized carbons (Fsp3) is 0.143. The quantitative estimate of drug-likeness (QED) is 0.881. The van der Waals surface area contributed by atoms with Gasteiger partial charge in [-0.05, 0) is 18.2 Å². The van der Waals surface area contributed by atoms with E-state index in [0.717, 1.165) is 6.07 Å². The highest BCUT2D eigenvalue weighted by molar-refractivity contribution is 5.87. The Labute approximate surface area is 114 Å². The molecule has 6 heteroatoms. The summed E-state index contributed by atoms with van der Waals surface area (Å²) in [5, 5.41) is 11.7. The number of pyridine rings is 1. The molecule has 1 aromatic carbocycles. The first-order valence-electron chi connectivity index (χ1n) is 5.89. The van der Waals surface area contributed by atoms with Crippen LogP contribution in [0, 0.1) is 11.6 Å². The lowest BCUT2D eigenvalue weighted by molar-refractivity contribution is 0.0696. The van der Waals surface area contributed by atoms with E-state index in [1.807, 2.05) is 0 Å². The Bertz CT molecular complexity index is 615. The van der Waals surface area contributed by atoms with Gasteiger partial charge in [-0.1, -0.05) is 6.07 Å². The lowest BCUT2D eigenvalue weighted by atomic mass is 10.2. The summed E-state index contributed by atoms with van der Waals surface area (Å²) in [5.74, 6) is -2.26. The van der Waals surface area contributed by atoms with Crippen molar-refractivity contribution in [1.82, 2.24) is 10.3 Å². The van der Waals surface area contributed by atoms with Crippen molar-refractivity contribution in [3.05, 3.63) is 65.0 Å². The zero-order chi connectivity index (χ0) is 14.5. The molecule has 20 heavy (non-hydrogen) atoms. The van der Waals surface area contributed by atoms with E-state index >= 15 is 0 Å². The van der Waals surface area contributed by atoms with Crippen LogP contribution in [0.3, 0.4) is 0 Å². The Morgan fingerprint density at radius 1 is 1.20 bits per heavy atom. The summed E-state index contributed by atoms with van der Waals surface area (Å²) in [6, 6.07) is 6.43. The zero-order valence-electron chi connectivity index (χ0n) is 10.4. The summed E-state index contributed by atoms with van der Waals surface area (Å²) in [5.41, 5.74) is 1.10. The number of carbonyl (C=O) groups is 1. The average molecular weight is 278 g/mol. The first kappa shape index (κ1) is 14.1. The van der Waals surface area contributed by atoms with Gasteiger partial charge in [0.15, 0.2) is 0 Å². The molecule has 0 spiro atoms. The maximum absolute atomic E-state index is 13.4. The molecular weight excluding hydrogens is 266 g/mol. The van der Waals surface area contributed by atoms with Gasteiger partial charge in [0.2, 0.25) is 0 Å². The van der Waals surface area contributed by atoms with Gasteiger partial charge in [0, 0.05) is 30.9 Å². The van der Waals surface area contributed by atoms with Gasteiger partial charge in [-0.3, -0.25) is 4.98 Å². The molecule has 0 amide bonds. The van der Waals surface area contributed by atoms with Crippen LogP contribution in [0.5, 0.6) is 0 Å². The van der Waals surface area contributed by atoms with E-state index in [1.165, 1.54) is 24.4 Å². The first-order chi connectivity index (χ1) is 9.56. The second-order valence-corrected chi connectivity index (χ2v) is 4.18. The van der Waals surface area contributed by atoms with E-state index in [9.17, 15) is 13.6 Å². The number of aromatic nitrogens is 1. The lowest BCUT2D eigenvalue weighted by Crippen LogP contribution is -2.15. The van der Waals surface area contributed by atoms with Crippen molar-refractivity contribution in [2.24, 2.45) is 0 Å². The monoisotopic (exact) mass is 278 g/mol. The molecule has 2 aromatic rings. The first-order valence-corrected chi connectivity index (χ1v) is 5.89. The van der Waals surface area contributed by atoms with Gasteiger partial charge in [-0.15, -0.1) is 0 Å². The summed E-state index contributed by atoms with van der Waals surface area (Å²) >= 11 is 0. The van der Waals surface area contributed by atoms with Crippen LogP contribution in [0.25, 0.3) is 0 Å². The molecule has 0 fully saturated rings. The number of hydrogen-bond acceptors (Lipinski definition) is 3. The molecule has 0 aliphatic rings. The van der Waals surface area contributed by atoms with E-state index in [4.69, 9.17) is 5.11 Å². The van der Waals surface area contributed by atoms with E-state index in [0.29, 0.717) is 17.8 Å². The summed E-state index contributed by atoms with van der Waals surface area (Å²) in [4.78, 5) is 14.6. The van der Waals surface area contributed by atoms with Crippen LogP contribution in [-0.4, -0.2) is 16.1 Å². The Morgan fingerprint density at radius 2 is 2.00 bits per heavy atom. The predicted molar refractivity (Wildman–Crippen MR) is 68.1 cm³/mol. The van der Waals surface area contributed by atoms with Crippen LogP contribution in [0.1, 0.15) is 21.6 Å². The minimum absolute atomic E-state index is 0.110. The molecule has 0 saturated carbocycles. The number of carboxylic acid groups (broad SMARTS) is 1. The Morgan fingerprint density at radius 3 is 2.60 bits per heavy atom. The summed E-state index contributed by atoms with van der Waals surface area (Å²) in [6.07, 6.45) is 1.26. The molecule has 0 aliphatic carbocycles. The van der Waals surface area contributed by atoms with E-state index in [-0.39, 0.29) is 12.1 Å². The maximum Gasteiger partial charge on any atom is 0.337 e. The number of rotatable bonds is 5. The summed E-state index contributed by atoms with van der Waals surface area (Å²) < 4.78 is 26.1. The minimum atomic E-state index is -1.04. The molecule has 2 rings (SSSR count). The molecule has 4 nitrogen and oxygen atoms in total. The van der Waals surface area contributed by atoms with Crippen LogP contribution in [0.4, 0.5) is 8.78 Å². The molecule has 0 unspecified atom stereocenters. The molecule has 1 aromatic heterocycles. The highest BCUT2D eigenvalue weighted by Crippen LogP contribution is 2.09. The molecule has 0 aliphatic heterocycles. The van der Waals surface area contributed by atoms with Gasteiger partial charge in [0.05, 0.1) is 11.3 Å². The topological polar surface area (TPSA) is 62.2 Å². The molecule has 0 bridgehead atoms. The maximum atomic E-state index is 13.4. The zero-order valence-corrected chi connectivity index (χ0v) is 10.4. The Balaban J connectivity index is 1.91. The van der Waals surface area contributed by atoms with Crippen molar-refractivity contribution in [2.45, 2.75) is 13.1 Å². The van der Waals surface area contributed by atoms with Gasteiger partial charge < -0.3 is 10.4 Å². The van der Waals surface area contributed by atoms with Crippen molar-refractivity contribution < 1.29 is 18.7 Å². The third kappa shape index (κ3) is 3.58.